The summed E-state index contributed by atoms with van der Waals surface area (Å²) in [4.78, 5) is 20.4. The van der Waals surface area contributed by atoms with Crippen molar-refractivity contribution < 1.29 is 78.9 Å². The number of hydrogen-bond acceptors (Lipinski definition) is 6. The molecule has 6 nitrogen and oxygen atoms in total. The SMILES string of the molecule is NCCCC(NCC(=O)[O-])C(=O)[O-].[Na+].[Na+]. The molecule has 0 bridgehead atoms. The number of aliphatic carboxylic acids is 2. The smallest absolute Gasteiger partial charge is 0.549 e. The maximum Gasteiger partial charge on any atom is 1.00 e. The molecule has 0 aromatic heterocycles. The van der Waals surface area contributed by atoms with E-state index in [4.69, 9.17) is 5.73 Å². The van der Waals surface area contributed by atoms with Gasteiger partial charge in [-0.15, -0.1) is 0 Å². The van der Waals surface area contributed by atoms with E-state index < -0.39 is 24.5 Å². The molecule has 0 aromatic carbocycles. The third kappa shape index (κ3) is 12.8. The van der Waals surface area contributed by atoms with E-state index in [9.17, 15) is 19.8 Å². The minimum Gasteiger partial charge on any atom is -0.549 e. The Balaban J connectivity index is -0.000000720. The van der Waals surface area contributed by atoms with E-state index in [0.29, 0.717) is 13.0 Å². The predicted molar refractivity (Wildman–Crippen MR) is 40.1 cm³/mol. The number of carboxylic acids is 2. The Bertz CT molecular complexity index is 192. The van der Waals surface area contributed by atoms with Crippen molar-refractivity contribution in [3.8, 4) is 0 Å². The molecular weight excluding hydrogens is 222 g/mol. The summed E-state index contributed by atoms with van der Waals surface area (Å²) >= 11 is 0. The number of carbonyl (C=O) groups excluding carboxylic acids is 2. The van der Waals surface area contributed by atoms with E-state index in [1.54, 1.807) is 0 Å². The summed E-state index contributed by atoms with van der Waals surface area (Å²) in [5, 5.41) is 22.7. The maximum atomic E-state index is 10.4. The Morgan fingerprint density at radius 2 is 1.80 bits per heavy atom. The molecule has 0 saturated heterocycles. The average Bonchev–Trinajstić information content (AvgIpc) is 2.03. The first-order valence-corrected chi connectivity index (χ1v) is 3.92. The van der Waals surface area contributed by atoms with Gasteiger partial charge in [0, 0.05) is 12.6 Å². The Hall–Kier alpha value is 0.860. The Morgan fingerprint density at radius 3 is 2.13 bits per heavy atom. The van der Waals surface area contributed by atoms with Gasteiger partial charge in [-0.3, -0.25) is 0 Å². The van der Waals surface area contributed by atoms with Gasteiger partial charge in [0.25, 0.3) is 0 Å². The Kier molecular flexibility index (Phi) is 18.3. The van der Waals surface area contributed by atoms with Crippen LogP contribution in [0.25, 0.3) is 0 Å². The summed E-state index contributed by atoms with van der Waals surface area (Å²) < 4.78 is 0. The van der Waals surface area contributed by atoms with Crippen LogP contribution in [-0.2, 0) is 9.59 Å². The van der Waals surface area contributed by atoms with E-state index in [2.05, 4.69) is 5.32 Å². The van der Waals surface area contributed by atoms with Gasteiger partial charge in [-0.2, -0.15) is 0 Å². The molecule has 1 atom stereocenters. The Labute approximate surface area is 133 Å². The molecule has 0 aliphatic carbocycles. The molecule has 15 heavy (non-hydrogen) atoms. The van der Waals surface area contributed by atoms with Crippen molar-refractivity contribution in [2.24, 2.45) is 5.73 Å². The summed E-state index contributed by atoms with van der Waals surface area (Å²) in [6.45, 7) is -0.139. The van der Waals surface area contributed by atoms with Crippen molar-refractivity contribution in [1.82, 2.24) is 5.32 Å². The second kappa shape index (κ2) is 12.9. The van der Waals surface area contributed by atoms with E-state index in [1.807, 2.05) is 0 Å². The van der Waals surface area contributed by atoms with E-state index in [-0.39, 0.29) is 65.5 Å². The molecule has 3 N–H and O–H groups in total. The fourth-order valence-corrected chi connectivity index (χ4v) is 0.832. The van der Waals surface area contributed by atoms with Crippen molar-refractivity contribution in [3.63, 3.8) is 0 Å². The molecule has 0 aliphatic heterocycles. The molecule has 76 valence electrons. The van der Waals surface area contributed by atoms with Gasteiger partial charge in [0.2, 0.25) is 0 Å². The van der Waals surface area contributed by atoms with Crippen LogP contribution in [0, 0.1) is 0 Å². The minimum atomic E-state index is -1.35. The van der Waals surface area contributed by atoms with Crippen molar-refractivity contribution in [2.45, 2.75) is 18.9 Å². The van der Waals surface area contributed by atoms with Gasteiger partial charge in [0.1, 0.15) is 0 Å². The molecule has 0 radical (unpaired) electrons. The molecular formula is C7H12N2Na2O4. The predicted octanol–water partition coefficient (Wildman–Crippen LogP) is -9.81. The number of nitrogens with one attached hydrogen (secondary N) is 1. The summed E-state index contributed by atoms with van der Waals surface area (Å²) in [5.74, 6) is -2.67. The number of nitrogens with two attached hydrogens (primary N) is 1. The molecule has 0 heterocycles. The Morgan fingerprint density at radius 1 is 1.27 bits per heavy atom. The second-order valence-electron chi connectivity index (χ2n) is 2.56. The number of carboxylic acid groups (broad SMARTS) is 2. The molecule has 8 heteroatoms. The summed E-state index contributed by atoms with van der Waals surface area (Å²) in [7, 11) is 0. The summed E-state index contributed by atoms with van der Waals surface area (Å²) in [6.07, 6.45) is 0.755. The zero-order valence-corrected chi connectivity index (χ0v) is 13.1. The first kappa shape index (κ1) is 21.2. The van der Waals surface area contributed by atoms with E-state index in [1.165, 1.54) is 0 Å². The monoisotopic (exact) mass is 234 g/mol. The molecule has 0 amide bonds. The zero-order chi connectivity index (χ0) is 10.3. The summed E-state index contributed by atoms with van der Waals surface area (Å²) in [5.41, 5.74) is 5.16. The average molecular weight is 234 g/mol. The van der Waals surface area contributed by atoms with Gasteiger partial charge in [0.05, 0.1) is 11.9 Å². The first-order valence-electron chi connectivity index (χ1n) is 3.92. The van der Waals surface area contributed by atoms with Crippen molar-refractivity contribution in [1.29, 1.82) is 0 Å². The molecule has 0 aliphatic rings. The standard InChI is InChI=1S/C7H14N2O4.2Na/c8-3-1-2-5(7(12)13)9-4-6(10)11;;/h5,9H,1-4,8H2,(H,10,11)(H,12,13);;/q;2*+1/p-2. The van der Waals surface area contributed by atoms with Crippen LogP contribution in [0.3, 0.4) is 0 Å². The third-order valence-electron chi connectivity index (χ3n) is 1.47. The number of carbonyl (C=O) groups is 2. The van der Waals surface area contributed by atoms with Crippen LogP contribution in [0.15, 0.2) is 0 Å². The molecule has 0 rings (SSSR count). The van der Waals surface area contributed by atoms with Gasteiger partial charge in [0.15, 0.2) is 0 Å². The van der Waals surface area contributed by atoms with Crippen LogP contribution in [0.1, 0.15) is 12.8 Å². The quantitative estimate of drug-likeness (QED) is 0.422. The van der Waals surface area contributed by atoms with E-state index >= 15 is 0 Å². The second-order valence-corrected chi connectivity index (χ2v) is 2.56. The van der Waals surface area contributed by atoms with Crippen LogP contribution >= 0.6 is 0 Å². The van der Waals surface area contributed by atoms with Crippen LogP contribution in [-0.4, -0.2) is 31.1 Å². The largest absolute Gasteiger partial charge is 1.00 e. The number of rotatable bonds is 7. The van der Waals surface area contributed by atoms with Crippen LogP contribution in [0.4, 0.5) is 0 Å². The minimum absolute atomic E-state index is 0. The van der Waals surface area contributed by atoms with Gasteiger partial charge in [-0.05, 0) is 19.4 Å². The topological polar surface area (TPSA) is 118 Å². The van der Waals surface area contributed by atoms with Crippen molar-refractivity contribution in [2.75, 3.05) is 13.1 Å². The van der Waals surface area contributed by atoms with Gasteiger partial charge in [-0.25, -0.2) is 0 Å². The third-order valence-corrected chi connectivity index (χ3v) is 1.47. The molecule has 0 aromatic rings. The fraction of sp³-hybridized carbons (Fsp3) is 0.714. The van der Waals surface area contributed by atoms with E-state index in [0.717, 1.165) is 0 Å². The molecule has 0 spiro atoms. The van der Waals surface area contributed by atoms with Crippen molar-refractivity contribution in [3.05, 3.63) is 0 Å². The van der Waals surface area contributed by atoms with Gasteiger partial charge in [-0.1, -0.05) is 0 Å². The van der Waals surface area contributed by atoms with Gasteiger partial charge < -0.3 is 30.9 Å². The summed E-state index contributed by atoms with van der Waals surface area (Å²) in [6, 6.07) is -0.971. The van der Waals surface area contributed by atoms with Crippen LogP contribution < -0.4 is 80.4 Å². The fourth-order valence-electron chi connectivity index (χ4n) is 0.832. The number of hydrogen-bond donors (Lipinski definition) is 2. The maximum absolute atomic E-state index is 10.4. The van der Waals surface area contributed by atoms with Crippen LogP contribution in [0.2, 0.25) is 0 Å². The molecule has 0 fully saturated rings. The zero-order valence-electron chi connectivity index (χ0n) is 9.12. The molecule has 0 saturated carbocycles. The van der Waals surface area contributed by atoms with Crippen molar-refractivity contribution >= 4 is 11.9 Å². The molecule has 1 unspecified atom stereocenters. The first-order chi connectivity index (χ1) is 6.07. The van der Waals surface area contributed by atoms with Gasteiger partial charge >= 0.3 is 59.1 Å². The van der Waals surface area contributed by atoms with Crippen LogP contribution in [0.5, 0.6) is 0 Å². The normalized spacial score (nSPS) is 10.7.